The molecule has 0 fully saturated rings. The van der Waals surface area contributed by atoms with Crippen LogP contribution < -0.4 is 11.1 Å². The molecule has 0 unspecified atom stereocenters. The average Bonchev–Trinajstić information content (AvgIpc) is 3.08. The molecule has 0 aliphatic rings. The van der Waals surface area contributed by atoms with E-state index in [1.54, 1.807) is 6.33 Å². The number of anilines is 3. The summed E-state index contributed by atoms with van der Waals surface area (Å²) in [5, 5.41) is 3.56. The van der Waals surface area contributed by atoms with Crippen LogP contribution >= 0.6 is 0 Å². The Morgan fingerprint density at radius 1 is 1.12 bits per heavy atom. The molecule has 0 spiro atoms. The Kier molecular flexibility index (Phi) is 3.80. The van der Waals surface area contributed by atoms with E-state index in [1.165, 1.54) is 16.7 Å². The van der Waals surface area contributed by atoms with Crippen molar-refractivity contribution in [3.63, 3.8) is 0 Å². The van der Waals surface area contributed by atoms with Gasteiger partial charge >= 0.3 is 0 Å². The van der Waals surface area contributed by atoms with E-state index in [-0.39, 0.29) is 0 Å². The Labute approximate surface area is 152 Å². The third-order valence-electron chi connectivity index (χ3n) is 4.98. The average molecular weight is 345 g/mol. The molecule has 4 aromatic rings. The number of aromatic nitrogens is 3. The number of fused-ring (bicyclic) bond motifs is 3. The Morgan fingerprint density at radius 2 is 1.92 bits per heavy atom. The largest absolute Gasteiger partial charge is 0.397 e. The first-order valence-electron chi connectivity index (χ1n) is 8.84. The summed E-state index contributed by atoms with van der Waals surface area (Å²) in [5.41, 5.74) is 14.4. The molecule has 2 aromatic heterocycles. The number of nitrogens with two attached hydrogens (primary N) is 1. The van der Waals surface area contributed by atoms with Gasteiger partial charge in [-0.05, 0) is 48.6 Å². The van der Waals surface area contributed by atoms with Gasteiger partial charge < -0.3 is 11.1 Å². The summed E-state index contributed by atoms with van der Waals surface area (Å²) in [6.45, 7) is 8.71. The zero-order chi connectivity index (χ0) is 18.4. The van der Waals surface area contributed by atoms with Gasteiger partial charge in [0.1, 0.15) is 5.52 Å². The van der Waals surface area contributed by atoms with Crippen LogP contribution in [0.3, 0.4) is 0 Å². The number of hydrogen-bond donors (Lipinski definition) is 2. The van der Waals surface area contributed by atoms with Crippen molar-refractivity contribution in [2.24, 2.45) is 0 Å². The number of hydrogen-bond acceptors (Lipinski definition) is 4. The molecular formula is C21H23N5. The SMILES string of the molecule is Cc1ccc(C(C)C)c(C)c1Nc1nc2cccc(N)c2n2cncc12. The summed E-state index contributed by atoms with van der Waals surface area (Å²) < 4.78 is 2.00. The van der Waals surface area contributed by atoms with E-state index in [0.717, 1.165) is 28.1 Å². The van der Waals surface area contributed by atoms with Crippen LogP contribution in [0.5, 0.6) is 0 Å². The van der Waals surface area contributed by atoms with Gasteiger partial charge in [-0.3, -0.25) is 4.40 Å². The van der Waals surface area contributed by atoms with E-state index in [2.05, 4.69) is 50.1 Å². The van der Waals surface area contributed by atoms with E-state index in [4.69, 9.17) is 10.7 Å². The maximum absolute atomic E-state index is 6.18. The van der Waals surface area contributed by atoms with Crippen LogP contribution in [0.1, 0.15) is 36.5 Å². The molecule has 0 saturated carbocycles. The monoisotopic (exact) mass is 345 g/mol. The highest BCUT2D eigenvalue weighted by atomic mass is 15.1. The Balaban J connectivity index is 1.94. The number of nitrogen functional groups attached to an aromatic ring is 1. The quantitative estimate of drug-likeness (QED) is 0.516. The van der Waals surface area contributed by atoms with Crippen LogP contribution in [0, 0.1) is 13.8 Å². The number of imidazole rings is 1. The molecule has 0 atom stereocenters. The number of aryl methyl sites for hydroxylation is 1. The minimum atomic E-state index is 0.468. The van der Waals surface area contributed by atoms with Crippen molar-refractivity contribution in [2.75, 3.05) is 11.1 Å². The molecule has 0 aliphatic carbocycles. The van der Waals surface area contributed by atoms with Crippen LogP contribution in [0.25, 0.3) is 16.6 Å². The lowest BCUT2D eigenvalue weighted by Gasteiger charge is -2.19. The van der Waals surface area contributed by atoms with Gasteiger partial charge in [-0.15, -0.1) is 0 Å². The number of para-hydroxylation sites is 1. The Hall–Kier alpha value is -3.08. The van der Waals surface area contributed by atoms with Crippen molar-refractivity contribution in [1.82, 2.24) is 14.4 Å². The second-order valence-corrected chi connectivity index (χ2v) is 7.08. The summed E-state index contributed by atoms with van der Waals surface area (Å²) in [7, 11) is 0. The second-order valence-electron chi connectivity index (χ2n) is 7.08. The number of benzene rings is 2. The van der Waals surface area contributed by atoms with Crippen molar-refractivity contribution in [3.8, 4) is 0 Å². The van der Waals surface area contributed by atoms with Gasteiger partial charge in [-0.2, -0.15) is 0 Å². The first-order valence-corrected chi connectivity index (χ1v) is 8.84. The summed E-state index contributed by atoms with van der Waals surface area (Å²) in [5.74, 6) is 1.25. The topological polar surface area (TPSA) is 68.2 Å². The summed E-state index contributed by atoms with van der Waals surface area (Å²) in [6.07, 6.45) is 3.60. The van der Waals surface area contributed by atoms with Crippen LogP contribution in [-0.4, -0.2) is 14.4 Å². The fourth-order valence-electron chi connectivity index (χ4n) is 3.62. The van der Waals surface area contributed by atoms with E-state index in [0.29, 0.717) is 11.6 Å². The van der Waals surface area contributed by atoms with Crippen LogP contribution in [0.15, 0.2) is 42.9 Å². The van der Waals surface area contributed by atoms with Gasteiger partial charge in [-0.25, -0.2) is 9.97 Å². The van der Waals surface area contributed by atoms with Crippen molar-refractivity contribution >= 4 is 33.7 Å². The summed E-state index contributed by atoms with van der Waals surface area (Å²) in [6, 6.07) is 10.2. The molecule has 4 rings (SSSR count). The fraction of sp³-hybridized carbons (Fsp3) is 0.238. The smallest absolute Gasteiger partial charge is 0.157 e. The predicted octanol–water partition coefficient (Wildman–Crippen LogP) is 4.95. The third-order valence-corrected chi connectivity index (χ3v) is 4.98. The standard InChI is InChI=1S/C21H23N5/c1-12(2)15-9-8-13(3)19(14(15)4)25-21-18-10-23-11-26(18)20-16(22)6-5-7-17(20)24-21/h5-12H,22H2,1-4H3,(H,24,25). The molecule has 3 N–H and O–H groups in total. The molecule has 2 aromatic carbocycles. The molecule has 26 heavy (non-hydrogen) atoms. The van der Waals surface area contributed by atoms with E-state index < -0.39 is 0 Å². The molecule has 0 amide bonds. The highest BCUT2D eigenvalue weighted by molar-refractivity contribution is 5.93. The van der Waals surface area contributed by atoms with Gasteiger partial charge in [0.25, 0.3) is 0 Å². The van der Waals surface area contributed by atoms with Gasteiger partial charge in [0.2, 0.25) is 0 Å². The number of nitrogens with zero attached hydrogens (tertiary/aromatic N) is 3. The molecule has 2 heterocycles. The lowest BCUT2D eigenvalue weighted by Crippen LogP contribution is -2.05. The van der Waals surface area contributed by atoms with E-state index >= 15 is 0 Å². The fourth-order valence-corrected chi connectivity index (χ4v) is 3.62. The maximum atomic E-state index is 6.18. The minimum absolute atomic E-state index is 0.468. The van der Waals surface area contributed by atoms with Gasteiger partial charge in [0.05, 0.1) is 29.2 Å². The highest BCUT2D eigenvalue weighted by Crippen LogP contribution is 2.33. The van der Waals surface area contributed by atoms with Crippen LogP contribution in [0.2, 0.25) is 0 Å². The molecule has 5 nitrogen and oxygen atoms in total. The first kappa shape index (κ1) is 16.4. The van der Waals surface area contributed by atoms with Gasteiger partial charge in [0, 0.05) is 5.69 Å². The van der Waals surface area contributed by atoms with Gasteiger partial charge in [-0.1, -0.05) is 32.0 Å². The summed E-state index contributed by atoms with van der Waals surface area (Å²) >= 11 is 0. The molecule has 0 aliphatic heterocycles. The zero-order valence-electron chi connectivity index (χ0n) is 15.5. The minimum Gasteiger partial charge on any atom is -0.397 e. The number of rotatable bonds is 3. The van der Waals surface area contributed by atoms with Crippen molar-refractivity contribution in [3.05, 3.63) is 59.5 Å². The third kappa shape index (κ3) is 2.47. The molecule has 5 heteroatoms. The molecular weight excluding hydrogens is 322 g/mol. The highest BCUT2D eigenvalue weighted by Gasteiger charge is 2.15. The zero-order valence-corrected chi connectivity index (χ0v) is 15.5. The summed E-state index contributed by atoms with van der Waals surface area (Å²) in [4.78, 5) is 9.15. The second kappa shape index (κ2) is 6.02. The molecule has 0 saturated heterocycles. The Morgan fingerprint density at radius 3 is 2.69 bits per heavy atom. The van der Waals surface area contributed by atoms with E-state index in [9.17, 15) is 0 Å². The normalized spacial score (nSPS) is 11.6. The lowest BCUT2D eigenvalue weighted by molar-refractivity contribution is 0.856. The van der Waals surface area contributed by atoms with E-state index in [1.807, 2.05) is 28.8 Å². The predicted molar refractivity (Wildman–Crippen MR) is 108 cm³/mol. The first-order chi connectivity index (χ1) is 12.5. The van der Waals surface area contributed by atoms with Crippen LogP contribution in [0.4, 0.5) is 17.2 Å². The van der Waals surface area contributed by atoms with Crippen molar-refractivity contribution in [2.45, 2.75) is 33.6 Å². The Bertz CT molecular complexity index is 1120. The number of nitrogens with one attached hydrogen (secondary N) is 1. The van der Waals surface area contributed by atoms with Crippen molar-refractivity contribution in [1.29, 1.82) is 0 Å². The lowest BCUT2D eigenvalue weighted by atomic mass is 9.94. The molecule has 0 bridgehead atoms. The van der Waals surface area contributed by atoms with Crippen LogP contribution in [-0.2, 0) is 0 Å². The van der Waals surface area contributed by atoms with Crippen molar-refractivity contribution < 1.29 is 0 Å². The molecule has 132 valence electrons. The van der Waals surface area contributed by atoms with Gasteiger partial charge in [0.15, 0.2) is 5.82 Å². The molecule has 0 radical (unpaired) electrons. The maximum Gasteiger partial charge on any atom is 0.157 e.